The number of hydrogen-bond donors (Lipinski definition) is 0. The lowest BCUT2D eigenvalue weighted by Crippen LogP contribution is -2.41. The number of carbonyl (C=O) groups is 2. The van der Waals surface area contributed by atoms with Crippen molar-refractivity contribution in [2.75, 3.05) is 35.0 Å². The summed E-state index contributed by atoms with van der Waals surface area (Å²) in [5.41, 5.74) is 3.38. The topological polar surface area (TPSA) is 92.7 Å². The van der Waals surface area contributed by atoms with Gasteiger partial charge in [0, 0.05) is 23.7 Å². The maximum Gasteiger partial charge on any atom is 0.336 e. The lowest BCUT2D eigenvalue weighted by atomic mass is 9.66. The highest BCUT2D eigenvalue weighted by Gasteiger charge is 2.46. The first-order valence-corrected chi connectivity index (χ1v) is 13.2. The predicted octanol–water partition coefficient (Wildman–Crippen LogP) is 5.62. The second kappa shape index (κ2) is 11.6. The Kier molecular flexibility index (Phi) is 8.45. The molecule has 1 heterocycles. The summed E-state index contributed by atoms with van der Waals surface area (Å²) in [4.78, 5) is 31.7. The summed E-state index contributed by atoms with van der Waals surface area (Å²) in [6.07, 6.45) is 0.878. The smallest absolute Gasteiger partial charge is 0.336 e. The minimum atomic E-state index is -0.598. The molecule has 9 heteroatoms. The number of aliphatic imine (C=N–C) groups is 1. The summed E-state index contributed by atoms with van der Waals surface area (Å²) in [7, 11) is 6.08. The monoisotopic (exact) mass is 585 g/mol. The first kappa shape index (κ1) is 27.7. The van der Waals surface area contributed by atoms with Crippen LogP contribution in [0.15, 0.2) is 51.1 Å². The number of ketones is 1. The zero-order chi connectivity index (χ0) is 27.6. The Labute approximate surface area is 231 Å². The van der Waals surface area contributed by atoms with E-state index in [0.717, 1.165) is 16.8 Å². The zero-order valence-electron chi connectivity index (χ0n) is 22.4. The van der Waals surface area contributed by atoms with E-state index in [2.05, 4.69) is 15.9 Å². The largest absolute Gasteiger partial charge is 0.493 e. The molecule has 0 radical (unpaired) electrons. The molecule has 0 bridgehead atoms. The van der Waals surface area contributed by atoms with Crippen molar-refractivity contribution in [2.24, 2.45) is 10.9 Å². The van der Waals surface area contributed by atoms with Gasteiger partial charge < -0.3 is 23.7 Å². The van der Waals surface area contributed by atoms with E-state index >= 15 is 0 Å². The summed E-state index contributed by atoms with van der Waals surface area (Å²) >= 11 is 3.58. The fourth-order valence-electron chi connectivity index (χ4n) is 5.48. The first-order valence-electron chi connectivity index (χ1n) is 12.4. The van der Waals surface area contributed by atoms with Crippen molar-refractivity contribution in [3.8, 4) is 23.0 Å². The van der Waals surface area contributed by atoms with Crippen LogP contribution in [0.5, 0.6) is 23.0 Å². The van der Waals surface area contributed by atoms with E-state index in [1.165, 1.54) is 7.11 Å². The first-order chi connectivity index (χ1) is 18.3. The lowest BCUT2D eigenvalue weighted by Gasteiger charge is -2.38. The van der Waals surface area contributed by atoms with Crippen LogP contribution in [0.1, 0.15) is 49.7 Å². The van der Waals surface area contributed by atoms with Gasteiger partial charge in [0.1, 0.15) is 5.78 Å². The molecule has 4 rings (SSSR count). The van der Waals surface area contributed by atoms with Crippen molar-refractivity contribution in [3.63, 3.8) is 0 Å². The summed E-state index contributed by atoms with van der Waals surface area (Å²) in [6, 6.07) is 9.43. The molecule has 0 saturated heterocycles. The lowest BCUT2D eigenvalue weighted by molar-refractivity contribution is -0.136. The summed E-state index contributed by atoms with van der Waals surface area (Å²) in [5, 5.41) is 0. The van der Waals surface area contributed by atoms with Crippen LogP contribution in [0.25, 0.3) is 0 Å². The van der Waals surface area contributed by atoms with Crippen LogP contribution >= 0.6 is 15.9 Å². The van der Waals surface area contributed by atoms with Crippen LogP contribution in [0.4, 0.5) is 0 Å². The van der Waals surface area contributed by atoms with Gasteiger partial charge in [-0.2, -0.15) is 0 Å². The van der Waals surface area contributed by atoms with Crippen molar-refractivity contribution in [3.05, 3.63) is 57.2 Å². The van der Waals surface area contributed by atoms with Gasteiger partial charge in [-0.25, -0.2) is 4.79 Å². The molecule has 202 valence electrons. The maximum absolute atomic E-state index is 13.9. The number of halogens is 1. The average Bonchev–Trinajstić information content (AvgIpc) is 2.91. The second-order valence-electron chi connectivity index (χ2n) is 9.20. The highest BCUT2D eigenvalue weighted by molar-refractivity contribution is 9.10. The molecule has 8 nitrogen and oxygen atoms in total. The SMILES string of the molecule is CCOc1cc([C@H]2C(C(=O)OC)=C(C)N=C3C[C@H](c4ccc(OC)c(OC)c4)CC(=O)C32)cc(Br)c1OC. The molecule has 2 aromatic rings. The quantitative estimate of drug-likeness (QED) is 0.371. The molecule has 0 amide bonds. The minimum Gasteiger partial charge on any atom is -0.493 e. The van der Waals surface area contributed by atoms with Crippen LogP contribution < -0.4 is 18.9 Å². The maximum atomic E-state index is 13.9. The predicted molar refractivity (Wildman–Crippen MR) is 147 cm³/mol. The standard InChI is InChI=1S/C29H32BrNO7/c1-7-38-24-14-18(10-19(30)28(24)36-5)26-25(29(33)37-6)15(2)31-20-11-17(12-21(32)27(20)26)16-8-9-22(34-3)23(13-16)35-4/h8-10,13-14,17,26-27H,7,11-12H2,1-6H3/t17-,26-,27?/m0/s1. The Morgan fingerprint density at radius 2 is 1.66 bits per heavy atom. The van der Waals surface area contributed by atoms with Gasteiger partial charge in [0.2, 0.25) is 0 Å². The number of fused-ring (bicyclic) bond motifs is 1. The summed E-state index contributed by atoms with van der Waals surface area (Å²) in [6.45, 7) is 4.10. The molecular weight excluding hydrogens is 554 g/mol. The van der Waals surface area contributed by atoms with Gasteiger partial charge >= 0.3 is 5.97 Å². The Balaban J connectivity index is 1.81. The Hall–Kier alpha value is -3.33. The third-order valence-electron chi connectivity index (χ3n) is 7.13. The Morgan fingerprint density at radius 1 is 0.947 bits per heavy atom. The van der Waals surface area contributed by atoms with Gasteiger partial charge in [-0.1, -0.05) is 6.07 Å². The number of allylic oxidation sites excluding steroid dienone is 1. The molecule has 0 spiro atoms. The molecule has 1 aliphatic heterocycles. The van der Waals surface area contributed by atoms with Gasteiger partial charge in [-0.15, -0.1) is 0 Å². The van der Waals surface area contributed by atoms with Gasteiger partial charge in [0.25, 0.3) is 0 Å². The summed E-state index contributed by atoms with van der Waals surface area (Å²) in [5.74, 6) is 0.567. The molecule has 1 aliphatic carbocycles. The van der Waals surface area contributed by atoms with E-state index < -0.39 is 17.8 Å². The van der Waals surface area contributed by atoms with Crippen molar-refractivity contribution >= 4 is 33.4 Å². The number of ether oxygens (including phenoxy) is 5. The van der Waals surface area contributed by atoms with Crippen LogP contribution in [0.3, 0.4) is 0 Å². The molecule has 1 fully saturated rings. The molecule has 0 aromatic heterocycles. The number of benzene rings is 2. The molecule has 3 atom stereocenters. The van der Waals surface area contributed by atoms with E-state index in [9.17, 15) is 9.59 Å². The summed E-state index contributed by atoms with van der Waals surface area (Å²) < 4.78 is 28.0. The fraction of sp³-hybridized carbons (Fsp3) is 0.414. The van der Waals surface area contributed by atoms with E-state index in [1.54, 1.807) is 28.3 Å². The minimum absolute atomic E-state index is 0.0126. The number of methoxy groups -OCH3 is 4. The molecule has 1 unspecified atom stereocenters. The van der Waals surface area contributed by atoms with Crippen molar-refractivity contribution in [1.82, 2.24) is 0 Å². The molecule has 2 aliphatic rings. The molecule has 38 heavy (non-hydrogen) atoms. The number of hydrogen-bond acceptors (Lipinski definition) is 8. The molecule has 0 N–H and O–H groups in total. The highest BCUT2D eigenvalue weighted by Crippen LogP contribution is 2.49. The van der Waals surface area contributed by atoms with E-state index in [-0.39, 0.29) is 11.7 Å². The van der Waals surface area contributed by atoms with Crippen molar-refractivity contribution < 1.29 is 33.3 Å². The number of nitrogens with zero attached hydrogens (tertiary/aromatic N) is 1. The fourth-order valence-corrected chi connectivity index (χ4v) is 6.10. The number of carbonyl (C=O) groups excluding carboxylic acids is 2. The zero-order valence-corrected chi connectivity index (χ0v) is 24.0. The van der Waals surface area contributed by atoms with Crippen LogP contribution in [0.2, 0.25) is 0 Å². The molecular formula is C29H32BrNO7. The van der Waals surface area contributed by atoms with Crippen LogP contribution in [-0.2, 0) is 14.3 Å². The average molecular weight is 586 g/mol. The van der Waals surface area contributed by atoms with Crippen molar-refractivity contribution in [1.29, 1.82) is 0 Å². The van der Waals surface area contributed by atoms with Gasteiger partial charge in [-0.05, 0) is 77.5 Å². The van der Waals surface area contributed by atoms with E-state index in [4.69, 9.17) is 28.7 Å². The van der Waals surface area contributed by atoms with Gasteiger partial charge in [0.15, 0.2) is 23.0 Å². The normalized spacial score (nSPS) is 20.9. The van der Waals surface area contributed by atoms with Crippen LogP contribution in [-0.4, -0.2) is 52.5 Å². The van der Waals surface area contributed by atoms with E-state index in [1.807, 2.05) is 37.3 Å². The molecule has 1 saturated carbocycles. The van der Waals surface area contributed by atoms with Crippen molar-refractivity contribution in [2.45, 2.75) is 38.5 Å². The second-order valence-corrected chi connectivity index (χ2v) is 10.1. The third kappa shape index (κ3) is 5.04. The Morgan fingerprint density at radius 3 is 2.29 bits per heavy atom. The third-order valence-corrected chi connectivity index (χ3v) is 7.72. The Bertz CT molecular complexity index is 1320. The number of esters is 1. The molecule has 2 aromatic carbocycles. The number of Topliss-reactive ketones (excluding diaryl/α,β-unsaturated/α-hetero) is 1. The van der Waals surface area contributed by atoms with E-state index in [0.29, 0.717) is 58.2 Å². The highest BCUT2D eigenvalue weighted by atomic mass is 79.9. The van der Waals surface area contributed by atoms with Gasteiger partial charge in [0.05, 0.1) is 51.0 Å². The van der Waals surface area contributed by atoms with Gasteiger partial charge in [-0.3, -0.25) is 9.79 Å². The van der Waals surface area contributed by atoms with Crippen LogP contribution in [0, 0.1) is 5.92 Å². The number of rotatable bonds is 8.